The largest absolute Gasteiger partial charge is 0.453 e. The van der Waals surface area contributed by atoms with Crippen LogP contribution >= 0.6 is 0 Å². The van der Waals surface area contributed by atoms with E-state index in [1.54, 1.807) is 13.8 Å². The Bertz CT molecular complexity index is 800. The van der Waals surface area contributed by atoms with Crippen molar-refractivity contribution in [2.24, 2.45) is 5.73 Å². The molecule has 3 amide bonds. The van der Waals surface area contributed by atoms with Gasteiger partial charge in [-0.15, -0.1) is 15.3 Å². The number of alkyl halides is 3. The third-order valence-corrected chi connectivity index (χ3v) is 3.25. The van der Waals surface area contributed by atoms with E-state index in [1.807, 2.05) is 5.32 Å². The molecule has 9 nitrogen and oxygen atoms in total. The molecule has 2 aromatic heterocycles. The van der Waals surface area contributed by atoms with Gasteiger partial charge in [-0.1, -0.05) is 0 Å². The standard InChI is InChI=1S/C12H14F3N7O2/c1-5-6(2)9-19-20-10(12(13,14)15)22(9)21-8(5)17-4-3-7(23)18-11(16)24/h3-4H2,1-2H3,(H,17,21)(H3,16,18,23,24). The zero-order valence-electron chi connectivity index (χ0n) is 12.7. The van der Waals surface area contributed by atoms with Gasteiger partial charge >= 0.3 is 12.2 Å². The molecule has 0 unspecified atom stereocenters. The number of amides is 3. The summed E-state index contributed by atoms with van der Waals surface area (Å²) in [6, 6.07) is -0.981. The Hall–Kier alpha value is -2.92. The van der Waals surface area contributed by atoms with Gasteiger partial charge in [0.2, 0.25) is 5.91 Å². The number of urea groups is 1. The molecule has 4 N–H and O–H groups in total. The molecule has 2 rings (SSSR count). The number of anilines is 1. The third kappa shape index (κ3) is 3.52. The van der Waals surface area contributed by atoms with Crippen molar-refractivity contribution in [2.45, 2.75) is 26.4 Å². The highest BCUT2D eigenvalue weighted by molar-refractivity contribution is 5.93. The van der Waals surface area contributed by atoms with Crippen LogP contribution in [0.4, 0.5) is 23.8 Å². The summed E-state index contributed by atoms with van der Waals surface area (Å²) in [5.74, 6) is -1.71. The first-order valence-electron chi connectivity index (χ1n) is 6.74. The fourth-order valence-corrected chi connectivity index (χ4v) is 1.97. The number of halogens is 3. The van der Waals surface area contributed by atoms with Crippen molar-refractivity contribution in [3.05, 3.63) is 17.0 Å². The van der Waals surface area contributed by atoms with Gasteiger partial charge in [-0.05, 0) is 19.4 Å². The summed E-state index contributed by atoms with van der Waals surface area (Å²) in [6.45, 7) is 3.28. The SMILES string of the molecule is Cc1c(NCCC(=O)NC(N)=O)nn2c(C(F)(F)F)nnc2c1C. The summed E-state index contributed by atoms with van der Waals surface area (Å²) in [6.07, 6.45) is -4.82. The van der Waals surface area contributed by atoms with Crippen molar-refractivity contribution in [3.63, 3.8) is 0 Å². The molecule has 130 valence electrons. The molecule has 0 saturated heterocycles. The molecule has 0 spiro atoms. The second-order valence-electron chi connectivity index (χ2n) is 4.94. The van der Waals surface area contributed by atoms with Crippen LogP contribution in [0.2, 0.25) is 0 Å². The van der Waals surface area contributed by atoms with Gasteiger partial charge in [0.15, 0.2) is 5.65 Å². The number of nitrogens with two attached hydrogens (primary N) is 1. The number of primary amides is 1. The minimum absolute atomic E-state index is 0.00292. The minimum Gasteiger partial charge on any atom is -0.368 e. The Morgan fingerprint density at radius 1 is 1.21 bits per heavy atom. The molecule has 2 aromatic rings. The van der Waals surface area contributed by atoms with Crippen LogP contribution in [0.5, 0.6) is 0 Å². The average Bonchev–Trinajstić information content (AvgIpc) is 2.87. The molecule has 0 atom stereocenters. The number of carbonyl (C=O) groups excluding carboxylic acids is 2. The monoisotopic (exact) mass is 345 g/mol. The summed E-state index contributed by atoms with van der Waals surface area (Å²) in [4.78, 5) is 21.8. The summed E-state index contributed by atoms with van der Waals surface area (Å²) >= 11 is 0. The van der Waals surface area contributed by atoms with Crippen LogP contribution in [0.25, 0.3) is 5.65 Å². The summed E-state index contributed by atoms with van der Waals surface area (Å²) in [5, 5.41) is 15.1. The van der Waals surface area contributed by atoms with Crippen molar-refractivity contribution < 1.29 is 22.8 Å². The Kier molecular flexibility index (Phi) is 4.57. The van der Waals surface area contributed by atoms with Gasteiger partial charge in [-0.2, -0.15) is 17.7 Å². The molecule has 0 aliphatic carbocycles. The number of hydrogen-bond acceptors (Lipinski definition) is 6. The lowest BCUT2D eigenvalue weighted by molar-refractivity contribution is -0.146. The zero-order chi connectivity index (χ0) is 18.1. The smallest absolute Gasteiger partial charge is 0.368 e. The van der Waals surface area contributed by atoms with E-state index >= 15 is 0 Å². The van der Waals surface area contributed by atoms with E-state index < -0.39 is 23.9 Å². The zero-order valence-corrected chi connectivity index (χ0v) is 12.7. The minimum atomic E-state index is -4.70. The highest BCUT2D eigenvalue weighted by Gasteiger charge is 2.38. The number of carbonyl (C=O) groups is 2. The normalized spacial score (nSPS) is 11.5. The summed E-state index contributed by atoms with van der Waals surface area (Å²) in [7, 11) is 0. The molecular weight excluding hydrogens is 331 g/mol. The Labute approximate surface area is 133 Å². The van der Waals surface area contributed by atoms with Crippen molar-refractivity contribution in [1.82, 2.24) is 25.1 Å². The van der Waals surface area contributed by atoms with Crippen LogP contribution in [0.3, 0.4) is 0 Å². The van der Waals surface area contributed by atoms with E-state index in [1.165, 1.54) is 0 Å². The highest BCUT2D eigenvalue weighted by Crippen LogP contribution is 2.29. The maximum absolute atomic E-state index is 12.9. The van der Waals surface area contributed by atoms with Crippen LogP contribution < -0.4 is 16.4 Å². The van der Waals surface area contributed by atoms with E-state index in [9.17, 15) is 22.8 Å². The number of nitrogens with one attached hydrogen (secondary N) is 2. The lowest BCUT2D eigenvalue weighted by Crippen LogP contribution is -2.35. The number of imide groups is 1. The quantitative estimate of drug-likeness (QED) is 0.750. The number of hydrogen-bond donors (Lipinski definition) is 3. The van der Waals surface area contributed by atoms with E-state index in [2.05, 4.69) is 20.6 Å². The van der Waals surface area contributed by atoms with Crippen molar-refractivity contribution in [1.29, 1.82) is 0 Å². The van der Waals surface area contributed by atoms with Gasteiger partial charge in [0.25, 0.3) is 5.82 Å². The fourth-order valence-electron chi connectivity index (χ4n) is 1.97. The molecule has 0 aliphatic rings. The van der Waals surface area contributed by atoms with Crippen LogP contribution in [0.15, 0.2) is 0 Å². The van der Waals surface area contributed by atoms with E-state index in [0.29, 0.717) is 15.6 Å². The Balaban J connectivity index is 2.25. The van der Waals surface area contributed by atoms with Crippen LogP contribution in [-0.2, 0) is 11.0 Å². The molecule has 0 aliphatic heterocycles. The van der Waals surface area contributed by atoms with Crippen LogP contribution in [-0.4, -0.2) is 38.3 Å². The number of aromatic nitrogens is 4. The number of rotatable bonds is 4. The topological polar surface area (TPSA) is 127 Å². The molecule has 0 saturated carbocycles. The second-order valence-corrected chi connectivity index (χ2v) is 4.94. The first-order valence-corrected chi connectivity index (χ1v) is 6.74. The lowest BCUT2D eigenvalue weighted by atomic mass is 10.2. The summed E-state index contributed by atoms with van der Waals surface area (Å²) < 4.78 is 39.3. The maximum atomic E-state index is 12.9. The van der Waals surface area contributed by atoms with Gasteiger partial charge in [-0.25, -0.2) is 4.79 Å². The van der Waals surface area contributed by atoms with Gasteiger partial charge < -0.3 is 11.1 Å². The molecule has 0 radical (unpaired) electrons. The lowest BCUT2D eigenvalue weighted by Gasteiger charge is -2.12. The molecule has 24 heavy (non-hydrogen) atoms. The number of aryl methyl sites for hydroxylation is 1. The highest BCUT2D eigenvalue weighted by atomic mass is 19.4. The van der Waals surface area contributed by atoms with Gasteiger partial charge in [0.05, 0.1) is 0 Å². The fraction of sp³-hybridized carbons (Fsp3) is 0.417. The average molecular weight is 345 g/mol. The molecule has 2 heterocycles. The van der Waals surface area contributed by atoms with Gasteiger partial charge in [0, 0.05) is 18.5 Å². The first-order chi connectivity index (χ1) is 11.1. The van der Waals surface area contributed by atoms with Crippen LogP contribution in [0.1, 0.15) is 23.4 Å². The predicted molar refractivity (Wildman–Crippen MR) is 76.1 cm³/mol. The first kappa shape index (κ1) is 17.4. The molecular formula is C12H14F3N7O2. The van der Waals surface area contributed by atoms with E-state index in [4.69, 9.17) is 5.73 Å². The Morgan fingerprint density at radius 3 is 2.46 bits per heavy atom. The second kappa shape index (κ2) is 6.29. The van der Waals surface area contributed by atoms with E-state index in [0.717, 1.165) is 0 Å². The third-order valence-electron chi connectivity index (χ3n) is 3.25. The molecule has 0 bridgehead atoms. The van der Waals surface area contributed by atoms with Crippen molar-refractivity contribution in [2.75, 3.05) is 11.9 Å². The predicted octanol–water partition coefficient (Wildman–Crippen LogP) is 0.757. The van der Waals surface area contributed by atoms with Gasteiger partial charge in [-0.3, -0.25) is 10.1 Å². The molecule has 0 aromatic carbocycles. The molecule has 0 fully saturated rings. The Morgan fingerprint density at radius 2 is 1.88 bits per heavy atom. The van der Waals surface area contributed by atoms with Gasteiger partial charge in [0.1, 0.15) is 5.82 Å². The van der Waals surface area contributed by atoms with Crippen LogP contribution in [0, 0.1) is 13.8 Å². The number of nitrogens with zero attached hydrogens (tertiary/aromatic N) is 4. The van der Waals surface area contributed by atoms with E-state index in [-0.39, 0.29) is 24.4 Å². The van der Waals surface area contributed by atoms with Crippen molar-refractivity contribution in [3.8, 4) is 0 Å². The van der Waals surface area contributed by atoms with Crippen molar-refractivity contribution >= 4 is 23.4 Å². The maximum Gasteiger partial charge on any atom is 0.453 e. The molecule has 12 heteroatoms. The summed E-state index contributed by atoms with van der Waals surface area (Å²) in [5.41, 5.74) is 5.84. The number of fused-ring (bicyclic) bond motifs is 1.